The number of sulfonamides is 1. The maximum absolute atomic E-state index is 12.8. The number of carbonyl (C=O) groups is 2. The van der Waals surface area contributed by atoms with Gasteiger partial charge in [-0.15, -0.1) is 0 Å². The van der Waals surface area contributed by atoms with E-state index in [1.165, 1.54) is 11.6 Å². The predicted molar refractivity (Wildman–Crippen MR) is 70.5 cm³/mol. The molecule has 0 saturated carbocycles. The first-order valence-electron chi connectivity index (χ1n) is 5.81. The lowest BCUT2D eigenvalue weighted by Gasteiger charge is -2.25. The van der Waals surface area contributed by atoms with Gasteiger partial charge in [0, 0.05) is 0 Å². The van der Waals surface area contributed by atoms with Crippen molar-refractivity contribution in [2.45, 2.75) is 30.7 Å². The molecular formula is C12H13F2NO6S. The molecule has 3 N–H and O–H groups in total. The molecule has 0 spiro atoms. The number of aryl methyl sites for hydroxylation is 1. The van der Waals surface area contributed by atoms with E-state index in [0.717, 1.165) is 18.2 Å². The zero-order valence-corrected chi connectivity index (χ0v) is 12.3. The molecule has 0 aliphatic rings. The van der Waals surface area contributed by atoms with Gasteiger partial charge >= 0.3 is 11.9 Å². The van der Waals surface area contributed by atoms with Gasteiger partial charge in [0.05, 0.1) is 10.5 Å². The lowest BCUT2D eigenvalue weighted by Crippen LogP contribution is -2.57. The van der Waals surface area contributed by atoms with Gasteiger partial charge in [0.1, 0.15) is 0 Å². The first-order valence-corrected chi connectivity index (χ1v) is 7.29. The highest BCUT2D eigenvalue weighted by Gasteiger charge is 2.46. The summed E-state index contributed by atoms with van der Waals surface area (Å²) < 4.78 is 51.2. The first-order chi connectivity index (χ1) is 9.91. The Hall–Kier alpha value is -2.07. The van der Waals surface area contributed by atoms with Crippen molar-refractivity contribution >= 4 is 22.0 Å². The smallest absolute Gasteiger partial charge is 0.335 e. The van der Waals surface area contributed by atoms with E-state index in [1.54, 1.807) is 0 Å². The molecule has 1 aromatic carbocycles. The number of hydrogen-bond donors (Lipinski definition) is 3. The molecule has 0 bridgehead atoms. The van der Waals surface area contributed by atoms with Crippen LogP contribution in [0.2, 0.25) is 0 Å². The Morgan fingerprint density at radius 2 is 1.82 bits per heavy atom. The summed E-state index contributed by atoms with van der Waals surface area (Å²) in [5, 5.41) is 17.6. The fourth-order valence-corrected chi connectivity index (χ4v) is 2.99. The molecule has 122 valence electrons. The van der Waals surface area contributed by atoms with Crippen LogP contribution in [0.15, 0.2) is 23.1 Å². The number of aliphatic carboxylic acids is 1. The number of rotatable bonds is 6. The second-order valence-electron chi connectivity index (χ2n) is 4.70. The molecule has 1 unspecified atom stereocenters. The third-order valence-corrected chi connectivity index (χ3v) is 4.53. The minimum absolute atomic E-state index is 0.0875. The molecule has 0 heterocycles. The fraction of sp³-hybridized carbons (Fsp3) is 0.333. The summed E-state index contributed by atoms with van der Waals surface area (Å²) in [5.74, 6) is -3.32. The van der Waals surface area contributed by atoms with Crippen LogP contribution in [0, 0.1) is 6.92 Å². The quantitative estimate of drug-likeness (QED) is 0.714. The Balaban J connectivity index is 3.28. The van der Waals surface area contributed by atoms with Crippen molar-refractivity contribution in [2.75, 3.05) is 0 Å². The van der Waals surface area contributed by atoms with Crippen LogP contribution in [0.1, 0.15) is 22.8 Å². The molecule has 7 nitrogen and oxygen atoms in total. The van der Waals surface area contributed by atoms with E-state index >= 15 is 0 Å². The van der Waals surface area contributed by atoms with Crippen molar-refractivity contribution in [3.63, 3.8) is 0 Å². The van der Waals surface area contributed by atoms with Crippen molar-refractivity contribution in [1.29, 1.82) is 0 Å². The molecule has 0 radical (unpaired) electrons. The van der Waals surface area contributed by atoms with Gasteiger partial charge in [0.2, 0.25) is 10.0 Å². The van der Waals surface area contributed by atoms with Crippen LogP contribution in [0.4, 0.5) is 8.78 Å². The van der Waals surface area contributed by atoms with Gasteiger partial charge in [-0.1, -0.05) is 0 Å². The predicted octanol–water partition coefficient (Wildman–Crippen LogP) is 1.08. The Kier molecular flexibility index (Phi) is 4.88. The molecule has 1 rings (SSSR count). The first kappa shape index (κ1) is 18.0. The summed E-state index contributed by atoms with van der Waals surface area (Å²) in [4.78, 5) is 21.2. The number of carboxylic acids is 2. The van der Waals surface area contributed by atoms with E-state index in [1.807, 2.05) is 0 Å². The summed E-state index contributed by atoms with van der Waals surface area (Å²) in [6.07, 6.45) is -3.49. The number of carboxylic acid groups (broad SMARTS) is 2. The standard InChI is InChI=1S/C12H13F2NO6S/c1-6-5-7(3-4-8(6)9(16)17)22(20,21)15-12(2,10(13)14)11(18)19/h3-5,10,15H,1-2H3,(H,16,17)(H,18,19). The van der Waals surface area contributed by atoms with Gasteiger partial charge in [-0.05, 0) is 37.6 Å². The molecule has 1 atom stereocenters. The van der Waals surface area contributed by atoms with Gasteiger partial charge in [0.25, 0.3) is 6.43 Å². The minimum atomic E-state index is -4.58. The Morgan fingerprint density at radius 3 is 2.18 bits per heavy atom. The Labute approximate surface area is 124 Å². The summed E-state index contributed by atoms with van der Waals surface area (Å²) in [7, 11) is -4.58. The lowest BCUT2D eigenvalue weighted by atomic mass is 10.1. The third-order valence-electron chi connectivity index (χ3n) is 2.97. The molecule has 0 aliphatic carbocycles. The fourth-order valence-electron chi connectivity index (χ4n) is 1.56. The highest BCUT2D eigenvalue weighted by molar-refractivity contribution is 7.89. The number of alkyl halides is 2. The molecule has 0 fully saturated rings. The SMILES string of the molecule is Cc1cc(S(=O)(=O)NC(C)(C(=O)O)C(F)F)ccc1C(=O)O. The van der Waals surface area contributed by atoms with Crippen molar-refractivity contribution < 1.29 is 37.0 Å². The molecule has 22 heavy (non-hydrogen) atoms. The van der Waals surface area contributed by atoms with E-state index < -0.39 is 38.8 Å². The van der Waals surface area contributed by atoms with E-state index in [0.29, 0.717) is 6.92 Å². The van der Waals surface area contributed by atoms with Gasteiger partial charge in [0.15, 0.2) is 5.54 Å². The molecule has 0 aromatic heterocycles. The molecule has 1 aromatic rings. The second kappa shape index (κ2) is 5.97. The van der Waals surface area contributed by atoms with Crippen LogP contribution in [0.25, 0.3) is 0 Å². The number of aromatic carboxylic acids is 1. The van der Waals surface area contributed by atoms with Crippen molar-refractivity contribution in [3.05, 3.63) is 29.3 Å². The van der Waals surface area contributed by atoms with E-state index in [-0.39, 0.29) is 11.1 Å². The second-order valence-corrected chi connectivity index (χ2v) is 6.38. The molecule has 0 saturated heterocycles. The van der Waals surface area contributed by atoms with Crippen LogP contribution in [-0.2, 0) is 14.8 Å². The Morgan fingerprint density at radius 1 is 1.27 bits per heavy atom. The average Bonchev–Trinajstić information content (AvgIpc) is 2.36. The highest BCUT2D eigenvalue weighted by Crippen LogP contribution is 2.21. The minimum Gasteiger partial charge on any atom is -0.480 e. The average molecular weight is 337 g/mol. The number of halogens is 2. The van der Waals surface area contributed by atoms with Crippen molar-refractivity contribution in [1.82, 2.24) is 4.72 Å². The summed E-state index contributed by atoms with van der Waals surface area (Å²) in [5.41, 5.74) is -3.07. The zero-order chi connectivity index (χ0) is 17.3. The van der Waals surface area contributed by atoms with Crippen LogP contribution in [0.5, 0.6) is 0 Å². The van der Waals surface area contributed by atoms with Crippen molar-refractivity contribution in [3.8, 4) is 0 Å². The van der Waals surface area contributed by atoms with Gasteiger partial charge in [-0.3, -0.25) is 0 Å². The topological polar surface area (TPSA) is 121 Å². The highest BCUT2D eigenvalue weighted by atomic mass is 32.2. The van der Waals surface area contributed by atoms with Gasteiger partial charge < -0.3 is 10.2 Å². The summed E-state index contributed by atoms with van der Waals surface area (Å²) >= 11 is 0. The number of nitrogens with one attached hydrogen (secondary N) is 1. The Bertz CT molecular complexity index is 718. The largest absolute Gasteiger partial charge is 0.480 e. The van der Waals surface area contributed by atoms with Crippen LogP contribution in [0.3, 0.4) is 0 Å². The monoisotopic (exact) mass is 337 g/mol. The number of benzene rings is 1. The maximum atomic E-state index is 12.8. The zero-order valence-electron chi connectivity index (χ0n) is 11.5. The van der Waals surface area contributed by atoms with Crippen LogP contribution < -0.4 is 4.72 Å². The molecule has 10 heteroatoms. The van der Waals surface area contributed by atoms with Crippen LogP contribution >= 0.6 is 0 Å². The van der Waals surface area contributed by atoms with Crippen molar-refractivity contribution in [2.24, 2.45) is 0 Å². The van der Waals surface area contributed by atoms with Crippen LogP contribution in [-0.4, -0.2) is 42.5 Å². The molecule has 0 amide bonds. The molecular weight excluding hydrogens is 324 g/mol. The van der Waals surface area contributed by atoms with E-state index in [2.05, 4.69) is 0 Å². The number of hydrogen-bond acceptors (Lipinski definition) is 4. The summed E-state index contributed by atoms with van der Waals surface area (Å²) in [6, 6.07) is 2.85. The van der Waals surface area contributed by atoms with E-state index in [9.17, 15) is 26.8 Å². The normalized spacial score (nSPS) is 14.6. The third kappa shape index (κ3) is 3.39. The molecule has 0 aliphatic heterocycles. The van der Waals surface area contributed by atoms with Gasteiger partial charge in [-0.2, -0.15) is 4.72 Å². The van der Waals surface area contributed by atoms with E-state index in [4.69, 9.17) is 10.2 Å². The maximum Gasteiger partial charge on any atom is 0.335 e. The van der Waals surface area contributed by atoms with Gasteiger partial charge in [-0.25, -0.2) is 26.8 Å². The summed E-state index contributed by atoms with van der Waals surface area (Å²) in [6.45, 7) is 1.86. The lowest BCUT2D eigenvalue weighted by molar-refractivity contribution is -0.149.